The Kier molecular flexibility index (Phi) is 4.24. The van der Waals surface area contributed by atoms with Gasteiger partial charge in [-0.25, -0.2) is 0 Å². The number of pyridine rings is 1. The maximum absolute atomic E-state index is 7.47. The van der Waals surface area contributed by atoms with Crippen LogP contribution in [0.4, 0.5) is 0 Å². The van der Waals surface area contributed by atoms with E-state index in [2.05, 4.69) is 9.88 Å². The summed E-state index contributed by atoms with van der Waals surface area (Å²) in [5.41, 5.74) is 6.67. The summed E-state index contributed by atoms with van der Waals surface area (Å²) in [6, 6.07) is 3.96. The molecule has 0 bridgehead atoms. The van der Waals surface area contributed by atoms with Gasteiger partial charge in [0.05, 0.1) is 6.04 Å². The predicted octanol–water partition coefficient (Wildman–Crippen LogP) is 1.23. The van der Waals surface area contributed by atoms with Crippen LogP contribution in [0.5, 0.6) is 0 Å². The summed E-state index contributed by atoms with van der Waals surface area (Å²) in [7, 11) is 1.97. The van der Waals surface area contributed by atoms with Gasteiger partial charge in [-0.05, 0) is 25.1 Å². The molecule has 1 heterocycles. The van der Waals surface area contributed by atoms with Crippen LogP contribution in [0.2, 0.25) is 0 Å². The number of hydrogen-bond donors (Lipinski definition) is 2. The predicted molar refractivity (Wildman–Crippen MR) is 61.7 cm³/mol. The molecule has 1 aromatic rings. The highest BCUT2D eigenvalue weighted by Gasteiger charge is 2.15. The second-order valence-corrected chi connectivity index (χ2v) is 3.66. The zero-order chi connectivity index (χ0) is 11.3. The summed E-state index contributed by atoms with van der Waals surface area (Å²) < 4.78 is 0. The second kappa shape index (κ2) is 5.46. The molecular weight excluding hydrogens is 188 g/mol. The Bertz CT molecular complexity index is 310. The molecule has 0 aromatic carbocycles. The van der Waals surface area contributed by atoms with E-state index in [0.717, 1.165) is 18.5 Å². The molecule has 0 saturated heterocycles. The lowest BCUT2D eigenvalue weighted by Crippen LogP contribution is -2.41. The highest BCUT2D eigenvalue weighted by atomic mass is 15.1. The smallest absolute Gasteiger partial charge is 0.108 e. The van der Waals surface area contributed by atoms with Crippen LogP contribution in [0.3, 0.4) is 0 Å². The number of amidine groups is 1. The van der Waals surface area contributed by atoms with Gasteiger partial charge < -0.3 is 5.73 Å². The van der Waals surface area contributed by atoms with Gasteiger partial charge in [-0.2, -0.15) is 0 Å². The van der Waals surface area contributed by atoms with Crippen molar-refractivity contribution in [2.45, 2.75) is 25.9 Å². The van der Waals surface area contributed by atoms with E-state index in [1.165, 1.54) is 0 Å². The molecule has 4 heteroatoms. The normalized spacial score (nSPS) is 12.7. The minimum Gasteiger partial charge on any atom is -0.386 e. The summed E-state index contributed by atoms with van der Waals surface area (Å²) >= 11 is 0. The minimum absolute atomic E-state index is 0.0187. The largest absolute Gasteiger partial charge is 0.386 e. The molecule has 0 fully saturated rings. The lowest BCUT2D eigenvalue weighted by Gasteiger charge is -2.25. The van der Waals surface area contributed by atoms with Gasteiger partial charge in [-0.1, -0.05) is 13.0 Å². The first kappa shape index (κ1) is 11.7. The average molecular weight is 206 g/mol. The molecule has 1 rings (SSSR count). The third kappa shape index (κ3) is 3.32. The maximum atomic E-state index is 7.47. The van der Waals surface area contributed by atoms with Gasteiger partial charge in [0.25, 0.3) is 0 Å². The zero-order valence-electron chi connectivity index (χ0n) is 9.27. The van der Waals surface area contributed by atoms with Gasteiger partial charge >= 0.3 is 0 Å². The van der Waals surface area contributed by atoms with Crippen LogP contribution in [0.25, 0.3) is 0 Å². The van der Waals surface area contributed by atoms with Crippen molar-refractivity contribution in [2.75, 3.05) is 7.05 Å². The van der Waals surface area contributed by atoms with E-state index in [4.69, 9.17) is 11.1 Å². The highest BCUT2D eigenvalue weighted by Crippen LogP contribution is 2.07. The number of aromatic nitrogens is 1. The van der Waals surface area contributed by atoms with Gasteiger partial charge in [-0.3, -0.25) is 15.3 Å². The van der Waals surface area contributed by atoms with E-state index < -0.39 is 0 Å². The second-order valence-electron chi connectivity index (χ2n) is 3.66. The van der Waals surface area contributed by atoms with Crippen molar-refractivity contribution in [3.8, 4) is 0 Å². The first-order valence-corrected chi connectivity index (χ1v) is 5.08. The van der Waals surface area contributed by atoms with Crippen LogP contribution < -0.4 is 5.73 Å². The summed E-state index contributed by atoms with van der Waals surface area (Å²) in [5.74, 6) is 0.226. The van der Waals surface area contributed by atoms with E-state index >= 15 is 0 Å². The summed E-state index contributed by atoms with van der Waals surface area (Å²) in [5, 5.41) is 7.47. The number of hydrogen-bond acceptors (Lipinski definition) is 3. The van der Waals surface area contributed by atoms with Crippen molar-refractivity contribution < 1.29 is 0 Å². The SMILES string of the molecule is CCC(C(=N)N)N(C)Cc1cccnc1. The lowest BCUT2D eigenvalue weighted by molar-refractivity contribution is 0.280. The summed E-state index contributed by atoms with van der Waals surface area (Å²) in [6.07, 6.45) is 4.45. The first-order valence-electron chi connectivity index (χ1n) is 5.08. The number of nitrogens with two attached hydrogens (primary N) is 1. The molecular formula is C11H18N4. The van der Waals surface area contributed by atoms with Crippen LogP contribution in [0, 0.1) is 5.41 Å². The maximum Gasteiger partial charge on any atom is 0.108 e. The van der Waals surface area contributed by atoms with E-state index in [1.807, 2.05) is 32.3 Å². The molecule has 0 aliphatic heterocycles. The zero-order valence-corrected chi connectivity index (χ0v) is 9.27. The standard InChI is InChI=1S/C11H18N4/c1-3-10(11(12)13)15(2)8-9-5-4-6-14-7-9/h4-7,10H,3,8H2,1-2H3,(H3,12,13). The highest BCUT2D eigenvalue weighted by molar-refractivity contribution is 5.82. The topological polar surface area (TPSA) is 66.0 Å². The fraction of sp³-hybridized carbons (Fsp3) is 0.455. The Morgan fingerprint density at radius 1 is 1.67 bits per heavy atom. The molecule has 15 heavy (non-hydrogen) atoms. The molecule has 3 N–H and O–H groups in total. The van der Waals surface area contributed by atoms with Crippen molar-refractivity contribution in [2.24, 2.45) is 5.73 Å². The molecule has 1 atom stereocenters. The minimum atomic E-state index is 0.0187. The van der Waals surface area contributed by atoms with Gasteiger partial charge in [-0.15, -0.1) is 0 Å². The third-order valence-electron chi connectivity index (χ3n) is 2.43. The number of nitrogens with zero attached hydrogens (tertiary/aromatic N) is 2. The van der Waals surface area contributed by atoms with E-state index in [9.17, 15) is 0 Å². The van der Waals surface area contributed by atoms with Crippen LogP contribution in [0.1, 0.15) is 18.9 Å². The van der Waals surface area contributed by atoms with Crippen LogP contribution in [-0.4, -0.2) is 28.8 Å². The van der Waals surface area contributed by atoms with Crippen molar-refractivity contribution in [3.63, 3.8) is 0 Å². The van der Waals surface area contributed by atoms with Crippen LogP contribution >= 0.6 is 0 Å². The Morgan fingerprint density at radius 3 is 2.87 bits per heavy atom. The molecule has 4 nitrogen and oxygen atoms in total. The molecule has 1 unspecified atom stereocenters. The molecule has 0 aliphatic carbocycles. The van der Waals surface area contributed by atoms with Crippen molar-refractivity contribution in [1.29, 1.82) is 5.41 Å². The summed E-state index contributed by atoms with van der Waals surface area (Å²) in [6.45, 7) is 2.80. The Balaban J connectivity index is 2.62. The quantitative estimate of drug-likeness (QED) is 0.562. The summed E-state index contributed by atoms with van der Waals surface area (Å²) in [4.78, 5) is 6.12. The third-order valence-corrected chi connectivity index (χ3v) is 2.43. The van der Waals surface area contributed by atoms with Crippen LogP contribution in [0.15, 0.2) is 24.5 Å². The molecule has 0 aliphatic rings. The van der Waals surface area contributed by atoms with Crippen LogP contribution in [-0.2, 0) is 6.54 Å². The first-order chi connectivity index (χ1) is 7.15. The Labute approximate surface area is 90.6 Å². The van der Waals surface area contributed by atoms with Gasteiger partial charge in [0, 0.05) is 18.9 Å². The Hall–Kier alpha value is -1.42. The van der Waals surface area contributed by atoms with Gasteiger partial charge in [0.15, 0.2) is 0 Å². The fourth-order valence-electron chi connectivity index (χ4n) is 1.66. The molecule has 1 aromatic heterocycles. The molecule has 0 spiro atoms. The van der Waals surface area contributed by atoms with E-state index in [1.54, 1.807) is 6.20 Å². The average Bonchev–Trinajstić information content (AvgIpc) is 2.19. The molecule has 0 saturated carbocycles. The van der Waals surface area contributed by atoms with E-state index in [-0.39, 0.29) is 11.9 Å². The number of nitrogens with one attached hydrogen (secondary N) is 1. The lowest BCUT2D eigenvalue weighted by atomic mass is 10.1. The monoisotopic (exact) mass is 206 g/mol. The van der Waals surface area contributed by atoms with Crippen molar-refractivity contribution in [1.82, 2.24) is 9.88 Å². The van der Waals surface area contributed by atoms with E-state index in [0.29, 0.717) is 0 Å². The molecule has 0 amide bonds. The number of likely N-dealkylation sites (N-methyl/N-ethyl adjacent to an activating group) is 1. The Morgan fingerprint density at radius 2 is 2.40 bits per heavy atom. The molecule has 82 valence electrons. The van der Waals surface area contributed by atoms with Gasteiger partial charge in [0.1, 0.15) is 5.84 Å². The fourth-order valence-corrected chi connectivity index (χ4v) is 1.66. The van der Waals surface area contributed by atoms with Crippen molar-refractivity contribution >= 4 is 5.84 Å². The molecule has 0 radical (unpaired) electrons. The van der Waals surface area contributed by atoms with Gasteiger partial charge in [0.2, 0.25) is 0 Å². The van der Waals surface area contributed by atoms with Crippen molar-refractivity contribution in [3.05, 3.63) is 30.1 Å². The number of rotatable bonds is 5.